The summed E-state index contributed by atoms with van der Waals surface area (Å²) in [5.74, 6) is 0.433. The zero-order valence-electron chi connectivity index (χ0n) is 19.7. The van der Waals surface area contributed by atoms with E-state index in [1.54, 1.807) is 17.8 Å². The third-order valence-electron chi connectivity index (χ3n) is 5.69. The summed E-state index contributed by atoms with van der Waals surface area (Å²) < 4.78 is 39.0. The SMILES string of the molecule is Cc1c(Sc2ccc3[nH]ncc3c2)cc([C-]=O)n1C.FC(F)(F)c1cccc(N2CCCC2)n1.[Na+]. The molecule has 0 atom stereocenters. The summed E-state index contributed by atoms with van der Waals surface area (Å²) in [6.45, 7) is 3.60. The van der Waals surface area contributed by atoms with Gasteiger partial charge in [0, 0.05) is 42.4 Å². The summed E-state index contributed by atoms with van der Waals surface area (Å²) in [7, 11) is 1.87. The molecule has 1 aliphatic rings. The summed E-state index contributed by atoms with van der Waals surface area (Å²) in [4.78, 5) is 18.5. The van der Waals surface area contributed by atoms with E-state index in [4.69, 9.17) is 0 Å². The topological polar surface area (TPSA) is 66.8 Å². The van der Waals surface area contributed by atoms with Gasteiger partial charge in [0.15, 0.2) is 0 Å². The average Bonchev–Trinajstić information content (AvgIpc) is 3.57. The van der Waals surface area contributed by atoms with E-state index in [2.05, 4.69) is 21.2 Å². The van der Waals surface area contributed by atoms with Crippen molar-refractivity contribution in [1.29, 1.82) is 0 Å². The molecule has 0 spiro atoms. The van der Waals surface area contributed by atoms with Crippen LogP contribution in [0.15, 0.2) is 58.5 Å². The van der Waals surface area contributed by atoms with Gasteiger partial charge in [0.2, 0.25) is 0 Å². The maximum atomic E-state index is 12.4. The molecule has 0 amide bonds. The number of halogens is 3. The predicted molar refractivity (Wildman–Crippen MR) is 126 cm³/mol. The second kappa shape index (κ2) is 11.6. The first-order valence-corrected chi connectivity index (χ1v) is 11.5. The van der Waals surface area contributed by atoms with Gasteiger partial charge in [-0.05, 0) is 55.0 Å². The molecular weight excluding hydrogens is 486 g/mol. The molecule has 0 unspecified atom stereocenters. The monoisotopic (exact) mass is 509 g/mol. The molecule has 5 rings (SSSR count). The zero-order valence-corrected chi connectivity index (χ0v) is 22.5. The number of carbonyl (C=O) groups excluding carboxylic acids is 1. The van der Waals surface area contributed by atoms with Crippen LogP contribution in [0.1, 0.15) is 29.9 Å². The molecule has 178 valence electrons. The zero-order chi connectivity index (χ0) is 24.3. The van der Waals surface area contributed by atoms with Gasteiger partial charge in [0.25, 0.3) is 0 Å². The van der Waals surface area contributed by atoms with Crippen molar-refractivity contribution in [3.8, 4) is 0 Å². The molecule has 1 saturated heterocycles. The Bertz CT molecular complexity index is 1300. The first-order valence-electron chi connectivity index (χ1n) is 10.7. The van der Waals surface area contributed by atoms with Crippen LogP contribution in [0, 0.1) is 6.92 Å². The standard InChI is InChI=1S/C14H12N3OS.C10H11F3N2.Na/c1-9-14(6-11(8-18)17(9)2)19-12-3-4-13-10(5-12)7-15-16-13;11-10(12,13)8-4-3-5-9(14-8)15-6-1-2-7-15;/h3-7H,1-2H3,(H,15,16);3-5H,1-2,6-7H2;/q-1;;+1. The minimum atomic E-state index is -4.35. The van der Waals surface area contributed by atoms with Gasteiger partial charge in [-0.15, -0.1) is 11.8 Å². The third-order valence-corrected chi connectivity index (χ3v) is 6.81. The molecule has 1 fully saturated rings. The van der Waals surface area contributed by atoms with E-state index >= 15 is 0 Å². The molecular formula is C24H23F3N5NaOS. The van der Waals surface area contributed by atoms with Gasteiger partial charge in [-0.25, -0.2) is 4.98 Å². The summed E-state index contributed by atoms with van der Waals surface area (Å²) >= 11 is 1.64. The number of H-pyrrole nitrogens is 1. The van der Waals surface area contributed by atoms with E-state index in [-0.39, 0.29) is 29.6 Å². The molecule has 1 aromatic carbocycles. The average molecular weight is 510 g/mol. The molecule has 0 radical (unpaired) electrons. The van der Waals surface area contributed by atoms with Gasteiger partial charge in [-0.3, -0.25) is 5.10 Å². The van der Waals surface area contributed by atoms with Crippen LogP contribution in [0.25, 0.3) is 10.9 Å². The number of alkyl halides is 3. The third kappa shape index (κ3) is 6.49. The van der Waals surface area contributed by atoms with Crippen molar-refractivity contribution in [3.05, 3.63) is 65.7 Å². The Morgan fingerprint density at radius 2 is 1.86 bits per heavy atom. The second-order valence-corrected chi connectivity index (χ2v) is 9.05. The van der Waals surface area contributed by atoms with Crippen LogP contribution in [0.2, 0.25) is 0 Å². The molecule has 0 saturated carbocycles. The molecule has 1 aliphatic heterocycles. The number of aromatic amines is 1. The van der Waals surface area contributed by atoms with Crippen molar-refractivity contribution >= 4 is 34.8 Å². The number of pyridine rings is 1. The fourth-order valence-corrected chi connectivity index (χ4v) is 4.72. The fourth-order valence-electron chi connectivity index (χ4n) is 3.69. The van der Waals surface area contributed by atoms with Crippen LogP contribution >= 0.6 is 11.8 Å². The van der Waals surface area contributed by atoms with Crippen molar-refractivity contribution in [2.45, 2.75) is 35.7 Å². The Morgan fingerprint density at radius 3 is 2.51 bits per heavy atom. The largest absolute Gasteiger partial charge is 1.00 e. The molecule has 3 aromatic heterocycles. The van der Waals surface area contributed by atoms with Gasteiger partial charge in [0.1, 0.15) is 11.5 Å². The normalized spacial score (nSPS) is 13.3. The number of fused-ring (bicyclic) bond motifs is 1. The predicted octanol–water partition coefficient (Wildman–Crippen LogP) is 2.52. The van der Waals surface area contributed by atoms with Gasteiger partial charge in [-0.1, -0.05) is 11.8 Å². The Balaban J connectivity index is 0.000000195. The molecule has 11 heteroatoms. The molecule has 4 heterocycles. The van der Waals surface area contributed by atoms with Gasteiger partial charge < -0.3 is 14.3 Å². The minimum Gasteiger partial charge on any atom is -0.417 e. The van der Waals surface area contributed by atoms with Crippen molar-refractivity contribution in [3.63, 3.8) is 0 Å². The molecule has 4 aromatic rings. The number of hydrogen-bond donors (Lipinski definition) is 1. The first kappa shape index (κ1) is 27.3. The number of nitrogens with one attached hydrogen (secondary N) is 1. The molecule has 6 nitrogen and oxygen atoms in total. The minimum absolute atomic E-state index is 0. The Kier molecular flexibility index (Phi) is 9.09. The number of anilines is 1. The van der Waals surface area contributed by atoms with E-state index < -0.39 is 11.9 Å². The van der Waals surface area contributed by atoms with Crippen LogP contribution in [-0.4, -0.2) is 39.1 Å². The van der Waals surface area contributed by atoms with E-state index in [1.807, 2.05) is 54.1 Å². The van der Waals surface area contributed by atoms with Crippen LogP contribution in [0.3, 0.4) is 0 Å². The summed E-state index contributed by atoms with van der Waals surface area (Å²) in [6, 6.07) is 12.0. The van der Waals surface area contributed by atoms with E-state index in [9.17, 15) is 18.0 Å². The van der Waals surface area contributed by atoms with Gasteiger partial charge >= 0.3 is 35.7 Å². The molecule has 1 N–H and O–H groups in total. The maximum absolute atomic E-state index is 12.4. The van der Waals surface area contributed by atoms with Crippen LogP contribution < -0.4 is 34.5 Å². The van der Waals surface area contributed by atoms with Gasteiger partial charge in [0.05, 0.1) is 11.7 Å². The van der Waals surface area contributed by atoms with E-state index in [0.29, 0.717) is 11.5 Å². The van der Waals surface area contributed by atoms with Crippen molar-refractivity contribution in [2.75, 3.05) is 18.0 Å². The number of nitrogens with zero attached hydrogens (tertiary/aromatic N) is 4. The summed E-state index contributed by atoms with van der Waals surface area (Å²) in [5.41, 5.74) is 1.85. The first-order chi connectivity index (χ1) is 16.3. The fraction of sp³-hybridized carbons (Fsp3) is 0.292. The van der Waals surface area contributed by atoms with Crippen molar-refractivity contribution in [2.24, 2.45) is 7.05 Å². The van der Waals surface area contributed by atoms with Gasteiger partial charge in [-0.2, -0.15) is 24.3 Å². The summed E-state index contributed by atoms with van der Waals surface area (Å²) in [5, 5.41) is 8.02. The van der Waals surface area contributed by atoms with Crippen LogP contribution in [0.5, 0.6) is 0 Å². The Labute approximate surface area is 227 Å². The second-order valence-electron chi connectivity index (χ2n) is 7.93. The van der Waals surface area contributed by atoms with E-state index in [0.717, 1.165) is 58.4 Å². The van der Waals surface area contributed by atoms with Crippen molar-refractivity contribution < 1.29 is 47.5 Å². The summed E-state index contributed by atoms with van der Waals surface area (Å²) in [6.07, 6.45) is 1.46. The van der Waals surface area contributed by atoms with E-state index in [1.165, 1.54) is 6.07 Å². The smallest absolute Gasteiger partial charge is 0.417 e. The van der Waals surface area contributed by atoms with Crippen molar-refractivity contribution in [1.82, 2.24) is 19.7 Å². The van der Waals surface area contributed by atoms with Crippen LogP contribution in [0.4, 0.5) is 19.0 Å². The Hall–Kier alpha value is -2.27. The number of benzene rings is 1. The number of aromatic nitrogens is 4. The molecule has 0 aliphatic carbocycles. The number of hydrogen-bond acceptors (Lipinski definition) is 5. The molecule has 35 heavy (non-hydrogen) atoms. The maximum Gasteiger partial charge on any atom is 1.00 e. The van der Waals surface area contributed by atoms with Crippen LogP contribution in [-0.2, 0) is 18.0 Å². The Morgan fingerprint density at radius 1 is 1.11 bits per heavy atom. The molecule has 0 bridgehead atoms. The quantitative estimate of drug-likeness (QED) is 0.338. The number of rotatable bonds is 4.